The molecule has 0 amide bonds. The van der Waals surface area contributed by atoms with Gasteiger partial charge in [-0.2, -0.15) is 0 Å². The molecule has 2 rings (SSSR count). The van der Waals surface area contributed by atoms with Crippen molar-refractivity contribution in [2.45, 2.75) is 18.8 Å². The monoisotopic (exact) mass is 212 g/mol. The molecular weight excluding hydrogens is 202 g/mol. The maximum absolute atomic E-state index is 8.60. The van der Waals surface area contributed by atoms with Crippen molar-refractivity contribution in [3.63, 3.8) is 0 Å². The van der Waals surface area contributed by atoms with Gasteiger partial charge in [-0.25, -0.2) is 0 Å². The molecule has 0 unspecified atom stereocenters. The fourth-order valence-electron chi connectivity index (χ4n) is 1.40. The van der Waals surface area contributed by atoms with E-state index >= 15 is 0 Å². The highest BCUT2D eigenvalue weighted by Gasteiger charge is 2.24. The summed E-state index contributed by atoms with van der Waals surface area (Å²) in [5.41, 5.74) is 1.19. The average Bonchev–Trinajstić information content (AvgIpc) is 2.90. The first kappa shape index (κ1) is 9.83. The summed E-state index contributed by atoms with van der Waals surface area (Å²) in [6.07, 6.45) is 2.41. The van der Waals surface area contributed by atoms with Crippen LogP contribution in [-0.2, 0) is 0 Å². The molecule has 1 aromatic rings. The Hall–Kier alpha value is -0.705. The van der Waals surface area contributed by atoms with Crippen molar-refractivity contribution in [3.8, 4) is 5.75 Å². The van der Waals surface area contributed by atoms with Gasteiger partial charge in [0.1, 0.15) is 5.75 Å². The molecule has 0 aromatic heterocycles. The first-order chi connectivity index (χ1) is 6.66. The van der Waals surface area contributed by atoms with Crippen LogP contribution in [-0.4, -0.2) is 17.4 Å². The normalized spacial score (nSPS) is 15.4. The summed E-state index contributed by atoms with van der Waals surface area (Å²) in [5, 5.41) is 17.6. The van der Waals surface area contributed by atoms with Crippen LogP contribution in [0.4, 0.5) is 0 Å². The smallest absolute Gasteiger partial charge is 0.511 e. The molecule has 1 aliphatic carbocycles. The second kappa shape index (κ2) is 3.81. The van der Waals surface area contributed by atoms with Gasteiger partial charge in [-0.05, 0) is 36.5 Å². The van der Waals surface area contributed by atoms with Crippen molar-refractivity contribution < 1.29 is 14.7 Å². The minimum Gasteiger partial charge on any atom is -0.511 e. The van der Waals surface area contributed by atoms with E-state index in [0.717, 1.165) is 0 Å². The van der Waals surface area contributed by atoms with Crippen molar-refractivity contribution in [3.05, 3.63) is 28.8 Å². The molecule has 1 saturated carbocycles. The van der Waals surface area contributed by atoms with Crippen LogP contribution >= 0.6 is 11.6 Å². The quantitative estimate of drug-likeness (QED) is 0.748. The van der Waals surface area contributed by atoms with Gasteiger partial charge in [-0.15, -0.1) is 0 Å². The second-order valence-electron chi connectivity index (χ2n) is 3.41. The predicted molar refractivity (Wildman–Crippen MR) is 54.2 cm³/mol. The van der Waals surface area contributed by atoms with E-state index in [4.69, 9.17) is 21.6 Å². The van der Waals surface area contributed by atoms with Crippen molar-refractivity contribution in [1.82, 2.24) is 0 Å². The van der Waals surface area contributed by atoms with Crippen LogP contribution in [0.1, 0.15) is 24.3 Å². The van der Waals surface area contributed by atoms with E-state index in [0.29, 0.717) is 16.7 Å². The third kappa shape index (κ3) is 2.21. The van der Waals surface area contributed by atoms with E-state index in [9.17, 15) is 0 Å². The van der Waals surface area contributed by atoms with Crippen molar-refractivity contribution >= 4 is 18.9 Å². The first-order valence-electron chi connectivity index (χ1n) is 4.49. The summed E-state index contributed by atoms with van der Waals surface area (Å²) in [4.78, 5) is 0. The Labute approximate surface area is 87.5 Å². The average molecular weight is 212 g/mol. The zero-order valence-corrected chi connectivity index (χ0v) is 8.24. The standard InChI is InChI=1S/C9H10BClO3/c11-8-5-7(6-1-2-6)3-4-9(8)14-10(12)13/h3-6,12-13H,1-2H2. The summed E-state index contributed by atoms with van der Waals surface area (Å²) in [6.45, 7) is 0. The highest BCUT2D eigenvalue weighted by atomic mass is 35.5. The molecule has 0 spiro atoms. The number of rotatable bonds is 3. The van der Waals surface area contributed by atoms with E-state index in [1.54, 1.807) is 6.07 Å². The summed E-state index contributed by atoms with van der Waals surface area (Å²) in [7, 11) is -1.82. The molecule has 0 heterocycles. The Morgan fingerprint density at radius 3 is 2.57 bits per heavy atom. The summed E-state index contributed by atoms with van der Waals surface area (Å²) in [6, 6.07) is 5.38. The molecule has 0 atom stereocenters. The lowest BCUT2D eigenvalue weighted by Gasteiger charge is -2.07. The van der Waals surface area contributed by atoms with Gasteiger partial charge in [-0.3, -0.25) is 0 Å². The fourth-order valence-corrected chi connectivity index (χ4v) is 1.63. The van der Waals surface area contributed by atoms with Crippen LogP contribution in [0.15, 0.2) is 18.2 Å². The Balaban J connectivity index is 2.17. The molecule has 1 aliphatic rings. The first-order valence-corrected chi connectivity index (χ1v) is 4.87. The zero-order chi connectivity index (χ0) is 10.1. The molecule has 74 valence electrons. The highest BCUT2D eigenvalue weighted by Crippen LogP contribution is 2.42. The Bertz CT molecular complexity index is 339. The molecule has 0 radical (unpaired) electrons. The van der Waals surface area contributed by atoms with Crippen LogP contribution in [0.2, 0.25) is 5.02 Å². The fraction of sp³-hybridized carbons (Fsp3) is 0.333. The second-order valence-corrected chi connectivity index (χ2v) is 3.82. The van der Waals surface area contributed by atoms with Crippen LogP contribution in [0, 0.1) is 0 Å². The molecule has 5 heteroatoms. The van der Waals surface area contributed by atoms with Crippen molar-refractivity contribution in [2.24, 2.45) is 0 Å². The maximum Gasteiger partial charge on any atom is 0.707 e. The van der Waals surface area contributed by atoms with Crippen LogP contribution in [0.5, 0.6) is 5.75 Å². The molecule has 0 bridgehead atoms. The topological polar surface area (TPSA) is 49.7 Å². The van der Waals surface area contributed by atoms with Crippen LogP contribution < -0.4 is 4.65 Å². The van der Waals surface area contributed by atoms with Gasteiger partial charge in [0.2, 0.25) is 0 Å². The molecule has 0 saturated heterocycles. The van der Waals surface area contributed by atoms with Gasteiger partial charge in [-0.1, -0.05) is 17.7 Å². The zero-order valence-electron chi connectivity index (χ0n) is 7.48. The van der Waals surface area contributed by atoms with Gasteiger partial charge in [0.15, 0.2) is 0 Å². The lowest BCUT2D eigenvalue weighted by atomic mass is 10.1. The SMILES string of the molecule is OB(O)Oc1ccc(C2CC2)cc1Cl. The number of hydrogen-bond acceptors (Lipinski definition) is 3. The Morgan fingerprint density at radius 2 is 2.07 bits per heavy atom. The molecule has 14 heavy (non-hydrogen) atoms. The Morgan fingerprint density at radius 1 is 1.36 bits per heavy atom. The van der Waals surface area contributed by atoms with Crippen LogP contribution in [0.25, 0.3) is 0 Å². The predicted octanol–water partition coefficient (Wildman–Crippen LogP) is 1.57. The van der Waals surface area contributed by atoms with Gasteiger partial charge >= 0.3 is 7.32 Å². The Kier molecular flexibility index (Phi) is 2.68. The minimum atomic E-state index is -1.82. The third-order valence-corrected chi connectivity index (χ3v) is 2.53. The summed E-state index contributed by atoms with van der Waals surface area (Å²) in [5.74, 6) is 0.923. The van der Waals surface area contributed by atoms with E-state index in [1.165, 1.54) is 18.4 Å². The maximum atomic E-state index is 8.60. The van der Waals surface area contributed by atoms with E-state index in [-0.39, 0.29) is 0 Å². The van der Waals surface area contributed by atoms with Crippen molar-refractivity contribution in [1.29, 1.82) is 0 Å². The molecule has 2 N–H and O–H groups in total. The van der Waals surface area contributed by atoms with E-state index in [2.05, 4.69) is 4.65 Å². The number of benzene rings is 1. The lowest BCUT2D eigenvalue weighted by molar-refractivity contribution is 0.288. The van der Waals surface area contributed by atoms with E-state index < -0.39 is 7.32 Å². The molecule has 3 nitrogen and oxygen atoms in total. The van der Waals surface area contributed by atoms with Gasteiger partial charge < -0.3 is 14.7 Å². The number of hydrogen-bond donors (Lipinski definition) is 2. The van der Waals surface area contributed by atoms with E-state index in [1.807, 2.05) is 12.1 Å². The van der Waals surface area contributed by atoms with Gasteiger partial charge in [0.05, 0.1) is 5.02 Å². The summed E-state index contributed by atoms with van der Waals surface area (Å²) < 4.78 is 4.68. The van der Waals surface area contributed by atoms with Gasteiger partial charge in [0.25, 0.3) is 0 Å². The number of halogens is 1. The molecule has 1 aromatic carbocycles. The minimum absolute atomic E-state index is 0.297. The molecule has 0 aliphatic heterocycles. The largest absolute Gasteiger partial charge is 0.707 e. The molecular formula is C9H10BClO3. The van der Waals surface area contributed by atoms with Crippen molar-refractivity contribution in [2.75, 3.05) is 0 Å². The highest BCUT2D eigenvalue weighted by molar-refractivity contribution is 6.36. The molecule has 1 fully saturated rings. The summed E-state index contributed by atoms with van der Waals surface area (Å²) >= 11 is 5.90. The third-order valence-electron chi connectivity index (χ3n) is 2.24. The van der Waals surface area contributed by atoms with Gasteiger partial charge in [0, 0.05) is 0 Å². The van der Waals surface area contributed by atoms with Crippen LogP contribution in [0.3, 0.4) is 0 Å². The lowest BCUT2D eigenvalue weighted by Crippen LogP contribution is -2.20.